The van der Waals surface area contributed by atoms with E-state index in [-0.39, 0.29) is 0 Å². The van der Waals surface area contributed by atoms with Crippen LogP contribution in [0, 0.1) is 25.7 Å². The molecule has 2 atom stereocenters. The monoisotopic (exact) mass is 468 g/mol. The van der Waals surface area contributed by atoms with Gasteiger partial charge in [-0.3, -0.25) is 9.13 Å². The lowest BCUT2D eigenvalue weighted by molar-refractivity contribution is 0.688. The molecule has 35 heavy (non-hydrogen) atoms. The minimum absolute atomic E-state index is 0.559. The highest BCUT2D eigenvalue weighted by molar-refractivity contribution is 5.84. The number of aromatic nitrogens is 2. The highest BCUT2D eigenvalue weighted by Crippen LogP contribution is 2.33. The molecule has 2 aliphatic rings. The smallest absolute Gasteiger partial charge is 0.220 e. The standard InChI is InChI=1S/C31H40N4/c1-19-15-23(5)29(24(6)16-19)34-13-14-35(30-25(7)17-20(2)18-26(30)8)31(34)33-27(9)32-28-21(3)11-10-12-22(28)4/h10-15,17,19-20H,16,18H2,1-9H3/b32-27+,33-31?. The van der Waals surface area contributed by atoms with Gasteiger partial charge in [0.2, 0.25) is 5.62 Å². The number of benzene rings is 1. The zero-order valence-corrected chi connectivity index (χ0v) is 22.9. The summed E-state index contributed by atoms with van der Waals surface area (Å²) in [5.74, 6) is 1.87. The van der Waals surface area contributed by atoms with Gasteiger partial charge in [0, 0.05) is 12.4 Å². The Morgan fingerprint density at radius 1 is 0.771 bits per heavy atom. The quantitative estimate of drug-likeness (QED) is 0.323. The summed E-state index contributed by atoms with van der Waals surface area (Å²) in [7, 11) is 0. The molecule has 0 spiro atoms. The van der Waals surface area contributed by atoms with E-state index in [1.54, 1.807) is 0 Å². The van der Waals surface area contributed by atoms with Gasteiger partial charge in [-0.05, 0) is 107 Å². The summed E-state index contributed by atoms with van der Waals surface area (Å²) in [5.41, 5.74) is 12.2. The van der Waals surface area contributed by atoms with Crippen LogP contribution in [-0.4, -0.2) is 15.0 Å². The number of imidazole rings is 1. The van der Waals surface area contributed by atoms with Crippen LogP contribution in [0.15, 0.2) is 75.0 Å². The van der Waals surface area contributed by atoms with Crippen LogP contribution in [0.1, 0.15) is 72.4 Å². The molecule has 2 aromatic rings. The van der Waals surface area contributed by atoms with Gasteiger partial charge < -0.3 is 0 Å². The number of hydrogen-bond acceptors (Lipinski definition) is 1. The van der Waals surface area contributed by atoms with Gasteiger partial charge in [-0.15, -0.1) is 0 Å². The van der Waals surface area contributed by atoms with Crippen LogP contribution in [0.3, 0.4) is 0 Å². The molecule has 0 saturated heterocycles. The first kappa shape index (κ1) is 25.0. The molecule has 0 N–H and O–H groups in total. The number of para-hydroxylation sites is 1. The molecular formula is C31H40N4. The fourth-order valence-electron chi connectivity index (χ4n) is 5.91. The average molecular weight is 469 g/mol. The SMILES string of the molecule is CC1=CC(C)CC(C)=C1n1ccn(C2=C(C)CC(C)C=C2C)c1=N/C(C)=N/c1c(C)cccc1C. The van der Waals surface area contributed by atoms with Gasteiger partial charge in [-0.1, -0.05) is 44.2 Å². The fraction of sp³-hybridized carbons (Fsp3) is 0.419. The van der Waals surface area contributed by atoms with Gasteiger partial charge >= 0.3 is 0 Å². The number of aliphatic imine (C=N–C) groups is 1. The van der Waals surface area contributed by atoms with Crippen molar-refractivity contribution in [2.24, 2.45) is 21.8 Å². The number of aryl methyl sites for hydroxylation is 2. The van der Waals surface area contributed by atoms with E-state index in [0.29, 0.717) is 11.8 Å². The average Bonchev–Trinajstić information content (AvgIpc) is 3.12. The lowest BCUT2D eigenvalue weighted by atomic mass is 9.90. The Bertz CT molecular complexity index is 1290. The van der Waals surface area contributed by atoms with E-state index >= 15 is 0 Å². The van der Waals surface area contributed by atoms with E-state index in [0.717, 1.165) is 30.0 Å². The van der Waals surface area contributed by atoms with Crippen LogP contribution in [-0.2, 0) is 0 Å². The number of hydrogen-bond donors (Lipinski definition) is 0. The van der Waals surface area contributed by atoms with Crippen LogP contribution >= 0.6 is 0 Å². The molecule has 0 fully saturated rings. The van der Waals surface area contributed by atoms with E-state index in [1.165, 1.54) is 44.8 Å². The zero-order valence-electron chi connectivity index (χ0n) is 22.9. The van der Waals surface area contributed by atoms with Crippen molar-refractivity contribution in [1.29, 1.82) is 0 Å². The maximum atomic E-state index is 5.18. The van der Waals surface area contributed by atoms with E-state index in [1.807, 2.05) is 6.92 Å². The van der Waals surface area contributed by atoms with Crippen LogP contribution in [0.5, 0.6) is 0 Å². The molecule has 2 unspecified atom stereocenters. The van der Waals surface area contributed by atoms with E-state index in [9.17, 15) is 0 Å². The van der Waals surface area contributed by atoms with Crippen LogP contribution in [0.4, 0.5) is 5.69 Å². The Labute approximate surface area is 210 Å². The van der Waals surface area contributed by atoms with Crippen LogP contribution < -0.4 is 5.62 Å². The van der Waals surface area contributed by atoms with Crippen molar-refractivity contribution in [3.63, 3.8) is 0 Å². The molecule has 1 aromatic carbocycles. The Morgan fingerprint density at radius 2 is 1.23 bits per heavy atom. The first-order chi connectivity index (χ1) is 16.6. The van der Waals surface area contributed by atoms with E-state index in [4.69, 9.17) is 9.98 Å². The molecule has 0 saturated carbocycles. The Balaban J connectivity index is 1.97. The molecule has 0 amide bonds. The van der Waals surface area contributed by atoms with Crippen molar-refractivity contribution >= 4 is 22.9 Å². The van der Waals surface area contributed by atoms with Gasteiger partial charge in [0.05, 0.1) is 17.1 Å². The van der Waals surface area contributed by atoms with Gasteiger partial charge in [0.15, 0.2) is 0 Å². The van der Waals surface area contributed by atoms with Crippen LogP contribution in [0.25, 0.3) is 11.4 Å². The third-order valence-electron chi connectivity index (χ3n) is 7.13. The lowest BCUT2D eigenvalue weighted by Crippen LogP contribution is -2.29. The normalized spacial score (nSPS) is 21.3. The number of allylic oxidation sites excluding steroid dienone is 8. The van der Waals surface area contributed by atoms with E-state index < -0.39 is 0 Å². The molecule has 4 heteroatoms. The first-order valence-electron chi connectivity index (χ1n) is 12.8. The predicted octanol–water partition coefficient (Wildman–Crippen LogP) is 7.99. The third-order valence-corrected chi connectivity index (χ3v) is 7.13. The second kappa shape index (κ2) is 9.85. The summed E-state index contributed by atoms with van der Waals surface area (Å²) in [5, 5.41) is 0. The van der Waals surface area contributed by atoms with Crippen molar-refractivity contribution in [2.75, 3.05) is 0 Å². The Kier molecular flexibility index (Phi) is 7.02. The summed E-state index contributed by atoms with van der Waals surface area (Å²) in [6.45, 7) is 19.8. The van der Waals surface area contributed by atoms with Gasteiger partial charge in [-0.25, -0.2) is 4.99 Å². The largest absolute Gasteiger partial charge is 0.285 e. The number of rotatable bonds is 3. The minimum Gasteiger partial charge on any atom is -0.285 e. The molecule has 184 valence electrons. The summed E-state index contributed by atoms with van der Waals surface area (Å²) in [4.78, 5) is 10.1. The highest BCUT2D eigenvalue weighted by Gasteiger charge is 2.22. The second-order valence-electron chi connectivity index (χ2n) is 10.7. The molecule has 1 aromatic heterocycles. The third kappa shape index (κ3) is 4.98. The molecule has 1 heterocycles. The zero-order chi connectivity index (χ0) is 25.4. The lowest BCUT2D eigenvalue weighted by Gasteiger charge is -2.24. The fourth-order valence-corrected chi connectivity index (χ4v) is 5.91. The van der Waals surface area contributed by atoms with Gasteiger partial charge in [-0.2, -0.15) is 4.99 Å². The summed E-state index contributed by atoms with van der Waals surface area (Å²) in [6, 6.07) is 6.30. The van der Waals surface area contributed by atoms with Crippen molar-refractivity contribution in [3.8, 4) is 0 Å². The summed E-state index contributed by atoms with van der Waals surface area (Å²) in [6.07, 6.45) is 11.2. The Morgan fingerprint density at radius 3 is 1.66 bits per heavy atom. The molecule has 0 radical (unpaired) electrons. The van der Waals surface area contributed by atoms with E-state index in [2.05, 4.69) is 107 Å². The number of nitrogens with zero attached hydrogens (tertiary/aromatic N) is 4. The molecule has 4 nitrogen and oxygen atoms in total. The molecule has 4 rings (SSSR count). The summed E-state index contributed by atoms with van der Waals surface area (Å²) >= 11 is 0. The molecule has 2 aliphatic carbocycles. The van der Waals surface area contributed by atoms with Gasteiger partial charge in [0.25, 0.3) is 0 Å². The topological polar surface area (TPSA) is 34.6 Å². The molecular weight excluding hydrogens is 428 g/mol. The summed E-state index contributed by atoms with van der Waals surface area (Å²) < 4.78 is 4.53. The molecule has 0 bridgehead atoms. The Hall–Kier alpha value is -3.14. The van der Waals surface area contributed by atoms with Crippen molar-refractivity contribution in [2.45, 2.75) is 75.2 Å². The predicted molar refractivity (Wildman–Crippen MR) is 150 cm³/mol. The van der Waals surface area contributed by atoms with Crippen molar-refractivity contribution in [1.82, 2.24) is 9.13 Å². The van der Waals surface area contributed by atoms with Crippen molar-refractivity contribution < 1.29 is 0 Å². The van der Waals surface area contributed by atoms with Crippen molar-refractivity contribution in [3.05, 3.63) is 81.8 Å². The van der Waals surface area contributed by atoms with Gasteiger partial charge in [0.1, 0.15) is 5.84 Å². The maximum Gasteiger partial charge on any atom is 0.220 e. The maximum absolute atomic E-state index is 5.18. The van der Waals surface area contributed by atoms with Crippen LogP contribution in [0.2, 0.25) is 0 Å². The molecule has 0 aliphatic heterocycles. The second-order valence-corrected chi connectivity index (χ2v) is 10.7. The first-order valence-corrected chi connectivity index (χ1v) is 12.8. The minimum atomic E-state index is 0.559. The highest BCUT2D eigenvalue weighted by atomic mass is 15.2. The number of amidine groups is 1.